The molecule has 3 N–H and O–H groups in total. The third kappa shape index (κ3) is 4.73. The monoisotopic (exact) mass is 429 g/mol. The SMILES string of the molecule is C[C@H]1CN[C@H](CNC(=O)C2CNCCO2)[C@@H](c2ccc(C#N)c3ncccc23)C1.Cl. The van der Waals surface area contributed by atoms with Crippen LogP contribution in [-0.4, -0.2) is 55.8 Å². The summed E-state index contributed by atoms with van der Waals surface area (Å²) in [5, 5.41) is 20.3. The number of carbonyl (C=O) groups excluding carboxylic acids is 1. The highest BCUT2D eigenvalue weighted by atomic mass is 35.5. The van der Waals surface area contributed by atoms with Gasteiger partial charge in [0.15, 0.2) is 0 Å². The van der Waals surface area contributed by atoms with Gasteiger partial charge in [0.25, 0.3) is 5.91 Å². The van der Waals surface area contributed by atoms with Crippen LogP contribution in [0.1, 0.15) is 30.4 Å². The Morgan fingerprint density at radius 1 is 1.37 bits per heavy atom. The number of benzene rings is 1. The number of aromatic nitrogens is 1. The molecule has 2 aliphatic heterocycles. The second kappa shape index (κ2) is 10.2. The lowest BCUT2D eigenvalue weighted by molar-refractivity contribution is -0.134. The maximum absolute atomic E-state index is 12.5. The topological polar surface area (TPSA) is 99.1 Å². The second-order valence-electron chi connectivity index (χ2n) is 7.98. The molecule has 0 spiro atoms. The molecule has 2 saturated heterocycles. The van der Waals surface area contributed by atoms with Gasteiger partial charge in [0.05, 0.1) is 17.7 Å². The summed E-state index contributed by atoms with van der Waals surface area (Å²) in [5.41, 5.74) is 2.52. The molecule has 3 heterocycles. The van der Waals surface area contributed by atoms with Gasteiger partial charge in [-0.05, 0) is 36.6 Å². The fourth-order valence-electron chi connectivity index (χ4n) is 4.40. The van der Waals surface area contributed by atoms with E-state index in [2.05, 4.69) is 40.0 Å². The Morgan fingerprint density at radius 2 is 2.23 bits per heavy atom. The van der Waals surface area contributed by atoms with E-state index >= 15 is 0 Å². The second-order valence-corrected chi connectivity index (χ2v) is 7.98. The Bertz CT molecular complexity index is 925. The minimum atomic E-state index is -0.426. The molecule has 0 aliphatic carbocycles. The van der Waals surface area contributed by atoms with Crippen LogP contribution in [0.25, 0.3) is 10.9 Å². The predicted octanol–water partition coefficient (Wildman–Crippen LogP) is 1.71. The van der Waals surface area contributed by atoms with Crippen LogP contribution in [0.15, 0.2) is 30.5 Å². The Kier molecular flexibility index (Phi) is 7.62. The molecule has 2 fully saturated rings. The van der Waals surface area contributed by atoms with Crippen LogP contribution in [0.3, 0.4) is 0 Å². The zero-order valence-corrected chi connectivity index (χ0v) is 17.9. The zero-order valence-electron chi connectivity index (χ0n) is 17.1. The molecule has 1 unspecified atom stereocenters. The molecule has 8 heteroatoms. The van der Waals surface area contributed by atoms with E-state index in [9.17, 15) is 10.1 Å². The average Bonchev–Trinajstić information content (AvgIpc) is 2.78. The van der Waals surface area contributed by atoms with Crippen LogP contribution in [-0.2, 0) is 9.53 Å². The Hall–Kier alpha value is -2.24. The van der Waals surface area contributed by atoms with Gasteiger partial charge in [0, 0.05) is 43.2 Å². The molecule has 7 nitrogen and oxygen atoms in total. The van der Waals surface area contributed by atoms with Gasteiger partial charge in [-0.3, -0.25) is 9.78 Å². The number of halogens is 1. The zero-order chi connectivity index (χ0) is 20.2. The van der Waals surface area contributed by atoms with Crippen molar-refractivity contribution in [2.45, 2.75) is 31.4 Å². The summed E-state index contributed by atoms with van der Waals surface area (Å²) in [4.78, 5) is 16.9. The summed E-state index contributed by atoms with van der Waals surface area (Å²) >= 11 is 0. The minimum Gasteiger partial charge on any atom is -0.366 e. The van der Waals surface area contributed by atoms with Gasteiger partial charge in [-0.25, -0.2) is 0 Å². The van der Waals surface area contributed by atoms with Crippen LogP contribution in [0.4, 0.5) is 0 Å². The molecule has 1 amide bonds. The van der Waals surface area contributed by atoms with E-state index in [0.717, 1.165) is 30.4 Å². The molecule has 1 aromatic heterocycles. The van der Waals surface area contributed by atoms with Gasteiger partial charge >= 0.3 is 0 Å². The van der Waals surface area contributed by atoms with Crippen molar-refractivity contribution in [3.05, 3.63) is 41.6 Å². The highest BCUT2D eigenvalue weighted by Crippen LogP contribution is 2.35. The number of morpholine rings is 1. The quantitative estimate of drug-likeness (QED) is 0.684. The number of carbonyl (C=O) groups is 1. The number of amides is 1. The molecule has 0 bridgehead atoms. The van der Waals surface area contributed by atoms with Crippen molar-refractivity contribution in [2.75, 3.05) is 32.8 Å². The molecular formula is C22H28ClN5O2. The number of nitrogens with zero attached hydrogens (tertiary/aromatic N) is 2. The molecule has 160 valence electrons. The van der Waals surface area contributed by atoms with E-state index < -0.39 is 6.10 Å². The summed E-state index contributed by atoms with van der Waals surface area (Å²) in [7, 11) is 0. The predicted molar refractivity (Wildman–Crippen MR) is 118 cm³/mol. The number of piperidine rings is 1. The maximum atomic E-state index is 12.5. The third-order valence-corrected chi connectivity index (χ3v) is 5.91. The van der Waals surface area contributed by atoms with E-state index in [1.165, 1.54) is 5.56 Å². The van der Waals surface area contributed by atoms with E-state index in [1.807, 2.05) is 18.2 Å². The largest absolute Gasteiger partial charge is 0.366 e. The number of rotatable bonds is 4. The van der Waals surface area contributed by atoms with Crippen molar-refractivity contribution in [1.29, 1.82) is 5.26 Å². The van der Waals surface area contributed by atoms with Crippen molar-refractivity contribution in [3.8, 4) is 6.07 Å². The molecule has 2 aromatic rings. The highest BCUT2D eigenvalue weighted by molar-refractivity contribution is 5.87. The standard InChI is InChI=1S/C22H27N5O2.ClH/c1-14-9-18(16-5-4-15(10-23)21-17(16)3-2-6-25-21)19(26-11-14)12-27-22(28)20-13-24-7-8-29-20;/h2-6,14,18-20,24,26H,7-9,11-13H2,1H3,(H,27,28);1H/t14-,18-,19-,20?;/m1./s1. The van der Waals surface area contributed by atoms with E-state index in [1.54, 1.807) is 6.20 Å². The Balaban J connectivity index is 0.00000256. The van der Waals surface area contributed by atoms with Gasteiger partial charge in [-0.1, -0.05) is 19.1 Å². The lowest BCUT2D eigenvalue weighted by Crippen LogP contribution is -2.53. The van der Waals surface area contributed by atoms with Crippen LogP contribution < -0.4 is 16.0 Å². The minimum absolute atomic E-state index is 0. The van der Waals surface area contributed by atoms with E-state index in [0.29, 0.717) is 31.2 Å². The molecule has 30 heavy (non-hydrogen) atoms. The molecule has 4 rings (SSSR count). The van der Waals surface area contributed by atoms with Crippen molar-refractivity contribution in [1.82, 2.24) is 20.9 Å². The van der Waals surface area contributed by atoms with Crippen molar-refractivity contribution < 1.29 is 9.53 Å². The van der Waals surface area contributed by atoms with Crippen LogP contribution >= 0.6 is 12.4 Å². The van der Waals surface area contributed by atoms with Crippen molar-refractivity contribution in [2.24, 2.45) is 5.92 Å². The van der Waals surface area contributed by atoms with Gasteiger partial charge in [0.2, 0.25) is 0 Å². The average molecular weight is 430 g/mol. The molecule has 4 atom stereocenters. The number of hydrogen-bond acceptors (Lipinski definition) is 6. The Morgan fingerprint density at radius 3 is 3.00 bits per heavy atom. The maximum Gasteiger partial charge on any atom is 0.250 e. The lowest BCUT2D eigenvalue weighted by Gasteiger charge is -2.37. The van der Waals surface area contributed by atoms with Gasteiger partial charge in [-0.15, -0.1) is 12.4 Å². The highest BCUT2D eigenvalue weighted by Gasteiger charge is 2.32. The van der Waals surface area contributed by atoms with Crippen molar-refractivity contribution >= 4 is 29.2 Å². The van der Waals surface area contributed by atoms with Crippen LogP contribution in [0.5, 0.6) is 0 Å². The lowest BCUT2D eigenvalue weighted by atomic mass is 9.79. The molecular weight excluding hydrogens is 402 g/mol. The summed E-state index contributed by atoms with van der Waals surface area (Å²) in [6.07, 6.45) is 2.32. The van der Waals surface area contributed by atoms with E-state index in [4.69, 9.17) is 4.74 Å². The van der Waals surface area contributed by atoms with Gasteiger partial charge in [-0.2, -0.15) is 5.26 Å². The normalized spacial score (nSPS) is 26.4. The number of pyridine rings is 1. The number of nitriles is 1. The van der Waals surface area contributed by atoms with E-state index in [-0.39, 0.29) is 30.3 Å². The summed E-state index contributed by atoms with van der Waals surface area (Å²) in [6, 6.07) is 10.2. The van der Waals surface area contributed by atoms with Crippen molar-refractivity contribution in [3.63, 3.8) is 0 Å². The van der Waals surface area contributed by atoms with Crippen LogP contribution in [0, 0.1) is 17.2 Å². The smallest absolute Gasteiger partial charge is 0.250 e. The number of nitrogens with one attached hydrogen (secondary N) is 3. The summed E-state index contributed by atoms with van der Waals surface area (Å²) in [6.45, 7) is 5.59. The fraction of sp³-hybridized carbons (Fsp3) is 0.500. The summed E-state index contributed by atoms with van der Waals surface area (Å²) in [5.74, 6) is 0.687. The molecule has 1 aromatic carbocycles. The number of ether oxygens (including phenoxy) is 1. The number of fused-ring (bicyclic) bond motifs is 1. The fourth-order valence-corrected chi connectivity index (χ4v) is 4.40. The first-order valence-electron chi connectivity index (χ1n) is 10.3. The third-order valence-electron chi connectivity index (χ3n) is 5.91. The van der Waals surface area contributed by atoms with Gasteiger partial charge in [0.1, 0.15) is 12.2 Å². The summed E-state index contributed by atoms with van der Waals surface area (Å²) < 4.78 is 5.56. The molecule has 0 radical (unpaired) electrons. The first-order valence-corrected chi connectivity index (χ1v) is 10.3. The first-order chi connectivity index (χ1) is 14.2. The van der Waals surface area contributed by atoms with Gasteiger partial charge < -0.3 is 20.7 Å². The molecule has 0 saturated carbocycles. The molecule has 2 aliphatic rings. The first kappa shape index (κ1) is 22.4. The number of hydrogen-bond donors (Lipinski definition) is 3. The van der Waals surface area contributed by atoms with Crippen LogP contribution in [0.2, 0.25) is 0 Å². The Labute approximate surface area is 183 Å².